The number of hydrogen-bond donors (Lipinski definition) is 3. The molecule has 0 aliphatic rings. The topological polar surface area (TPSA) is 128 Å². The van der Waals surface area contributed by atoms with Gasteiger partial charge < -0.3 is 14.5 Å². The fourth-order valence-electron chi connectivity index (χ4n) is 3.78. The fourth-order valence-corrected chi connectivity index (χ4v) is 3.78. The van der Waals surface area contributed by atoms with E-state index in [1.54, 1.807) is 19.3 Å². The Labute approximate surface area is 181 Å². The Bertz CT molecular complexity index is 1510. The molecular formula is C23H19N5O4. The number of hydrogen-bond acceptors (Lipinski definition) is 5. The molecule has 160 valence electrons. The molecule has 0 radical (unpaired) electrons. The first-order chi connectivity index (χ1) is 15.5. The van der Waals surface area contributed by atoms with Crippen molar-refractivity contribution in [2.45, 2.75) is 13.3 Å². The van der Waals surface area contributed by atoms with E-state index >= 15 is 0 Å². The van der Waals surface area contributed by atoms with Crippen LogP contribution in [0, 0.1) is 0 Å². The summed E-state index contributed by atoms with van der Waals surface area (Å²) < 4.78 is 5.76. The summed E-state index contributed by atoms with van der Waals surface area (Å²) in [7, 11) is 0. The van der Waals surface area contributed by atoms with Crippen molar-refractivity contribution in [2.75, 3.05) is 11.4 Å². The van der Waals surface area contributed by atoms with Gasteiger partial charge in [-0.3, -0.25) is 4.79 Å². The maximum Gasteiger partial charge on any atom is 0.414 e. The summed E-state index contributed by atoms with van der Waals surface area (Å²) in [5, 5.41) is 17.4. The zero-order valence-corrected chi connectivity index (χ0v) is 17.1. The van der Waals surface area contributed by atoms with Crippen LogP contribution in [-0.4, -0.2) is 37.9 Å². The summed E-state index contributed by atoms with van der Waals surface area (Å²) in [6.07, 6.45) is 1.03. The highest BCUT2D eigenvalue weighted by Crippen LogP contribution is 2.28. The van der Waals surface area contributed by atoms with E-state index in [1.165, 1.54) is 0 Å². The van der Waals surface area contributed by atoms with Crippen molar-refractivity contribution in [3.8, 4) is 11.1 Å². The summed E-state index contributed by atoms with van der Waals surface area (Å²) in [5.41, 5.74) is 3.69. The number of H-pyrrole nitrogens is 2. The van der Waals surface area contributed by atoms with Crippen LogP contribution in [-0.2, 0) is 6.42 Å². The van der Waals surface area contributed by atoms with Crippen molar-refractivity contribution in [3.05, 3.63) is 76.6 Å². The average molecular weight is 429 g/mol. The van der Waals surface area contributed by atoms with E-state index in [9.17, 15) is 14.7 Å². The van der Waals surface area contributed by atoms with Gasteiger partial charge in [-0.25, -0.2) is 19.8 Å². The van der Waals surface area contributed by atoms with Crippen molar-refractivity contribution in [1.29, 1.82) is 0 Å². The van der Waals surface area contributed by atoms with Crippen LogP contribution in [0.3, 0.4) is 0 Å². The van der Waals surface area contributed by atoms with Crippen LogP contribution in [0.1, 0.15) is 18.4 Å². The van der Waals surface area contributed by atoms with Gasteiger partial charge in [0.2, 0.25) is 5.95 Å². The monoisotopic (exact) mass is 429 g/mol. The minimum absolute atomic E-state index is 0.221. The Morgan fingerprint density at radius 2 is 1.94 bits per heavy atom. The van der Waals surface area contributed by atoms with Crippen LogP contribution in [0.15, 0.2) is 64.0 Å². The molecule has 0 unspecified atom stereocenters. The number of nitrogens with zero attached hydrogens (tertiary/aromatic N) is 3. The quantitative estimate of drug-likeness (QED) is 0.385. The molecule has 0 bridgehead atoms. The predicted octanol–water partition coefficient (Wildman–Crippen LogP) is 4.15. The van der Waals surface area contributed by atoms with Crippen LogP contribution in [0.5, 0.6) is 0 Å². The first kappa shape index (κ1) is 19.6. The second-order valence-corrected chi connectivity index (χ2v) is 7.34. The molecule has 0 atom stereocenters. The van der Waals surface area contributed by atoms with Crippen molar-refractivity contribution >= 4 is 33.8 Å². The van der Waals surface area contributed by atoms with Gasteiger partial charge >= 0.3 is 6.09 Å². The zero-order chi connectivity index (χ0) is 22.2. The molecule has 3 heterocycles. The summed E-state index contributed by atoms with van der Waals surface area (Å²) in [5.74, 6) is 0.995. The zero-order valence-electron chi connectivity index (χ0n) is 17.1. The number of anilines is 1. The van der Waals surface area contributed by atoms with E-state index in [0.717, 1.165) is 32.6 Å². The largest absolute Gasteiger partial charge is 0.468 e. The SMILES string of the molecule is CCN(C(=O)O)c1nc2ccc(-c3coc(Cc4n[nH]c(=O)c5ccccc45)c3)cc2[nH]1. The second kappa shape index (κ2) is 7.69. The Hall–Kier alpha value is -4.40. The molecular weight excluding hydrogens is 410 g/mol. The molecule has 0 aliphatic heterocycles. The number of nitrogens with one attached hydrogen (secondary N) is 2. The highest BCUT2D eigenvalue weighted by molar-refractivity contribution is 5.89. The lowest BCUT2D eigenvalue weighted by molar-refractivity contribution is 0.202. The smallest absolute Gasteiger partial charge is 0.414 e. The molecule has 0 spiro atoms. The highest BCUT2D eigenvalue weighted by Gasteiger charge is 2.17. The molecule has 3 N–H and O–H groups in total. The van der Waals surface area contributed by atoms with Crippen molar-refractivity contribution in [3.63, 3.8) is 0 Å². The molecule has 5 aromatic rings. The molecule has 1 amide bonds. The number of carboxylic acid groups (broad SMARTS) is 1. The first-order valence-corrected chi connectivity index (χ1v) is 10.1. The number of imidazole rings is 1. The molecule has 3 aromatic heterocycles. The fraction of sp³-hybridized carbons (Fsp3) is 0.130. The number of rotatable bonds is 5. The average Bonchev–Trinajstić information content (AvgIpc) is 3.42. The molecule has 5 rings (SSSR count). The van der Waals surface area contributed by atoms with E-state index in [1.807, 2.05) is 42.5 Å². The van der Waals surface area contributed by atoms with Gasteiger partial charge in [-0.15, -0.1) is 0 Å². The van der Waals surface area contributed by atoms with Gasteiger partial charge in [0.1, 0.15) is 5.76 Å². The van der Waals surface area contributed by atoms with E-state index in [-0.39, 0.29) is 11.5 Å². The molecule has 0 aliphatic carbocycles. The normalized spacial score (nSPS) is 11.3. The number of amides is 1. The minimum Gasteiger partial charge on any atom is -0.468 e. The lowest BCUT2D eigenvalue weighted by Crippen LogP contribution is -2.29. The van der Waals surface area contributed by atoms with Crippen LogP contribution in [0.4, 0.5) is 10.7 Å². The summed E-state index contributed by atoms with van der Waals surface area (Å²) in [6, 6.07) is 14.9. The lowest BCUT2D eigenvalue weighted by atomic mass is 10.1. The van der Waals surface area contributed by atoms with E-state index in [0.29, 0.717) is 29.6 Å². The third-order valence-corrected chi connectivity index (χ3v) is 5.38. The summed E-state index contributed by atoms with van der Waals surface area (Å²) in [4.78, 5) is 32.0. The van der Waals surface area contributed by atoms with Gasteiger partial charge in [0, 0.05) is 17.5 Å². The third-order valence-electron chi connectivity index (χ3n) is 5.38. The van der Waals surface area contributed by atoms with Gasteiger partial charge in [-0.05, 0) is 36.8 Å². The number of benzene rings is 2. The van der Waals surface area contributed by atoms with Crippen molar-refractivity contribution in [2.24, 2.45) is 0 Å². The predicted molar refractivity (Wildman–Crippen MR) is 120 cm³/mol. The Morgan fingerprint density at radius 3 is 2.72 bits per heavy atom. The van der Waals surface area contributed by atoms with Gasteiger partial charge in [0.25, 0.3) is 5.56 Å². The maximum atomic E-state index is 12.0. The number of furan rings is 1. The minimum atomic E-state index is -1.06. The second-order valence-electron chi connectivity index (χ2n) is 7.34. The van der Waals surface area contributed by atoms with Crippen LogP contribution in [0.2, 0.25) is 0 Å². The maximum absolute atomic E-state index is 12.0. The van der Waals surface area contributed by atoms with Gasteiger partial charge in [-0.1, -0.05) is 24.3 Å². The molecule has 0 saturated heterocycles. The number of fused-ring (bicyclic) bond motifs is 2. The molecule has 0 saturated carbocycles. The number of aromatic nitrogens is 4. The lowest BCUT2D eigenvalue weighted by Gasteiger charge is -2.12. The first-order valence-electron chi connectivity index (χ1n) is 10.1. The standard InChI is InChI=1S/C23H19N5O4/c1-2-28(23(30)31)22-24-18-8-7-13(10-20(18)25-22)14-9-15(32-12-14)11-19-16-5-3-4-6-17(16)21(29)27-26-19/h3-10,12H,2,11H2,1H3,(H,24,25)(H,27,29)(H,30,31). The molecule has 0 fully saturated rings. The van der Waals surface area contributed by atoms with E-state index in [4.69, 9.17) is 4.42 Å². The van der Waals surface area contributed by atoms with E-state index in [2.05, 4.69) is 20.2 Å². The van der Waals surface area contributed by atoms with Gasteiger partial charge in [-0.2, -0.15) is 5.10 Å². The van der Waals surface area contributed by atoms with Crippen molar-refractivity contribution < 1.29 is 14.3 Å². The van der Waals surface area contributed by atoms with Crippen LogP contribution >= 0.6 is 0 Å². The van der Waals surface area contributed by atoms with Crippen LogP contribution < -0.4 is 10.5 Å². The third kappa shape index (κ3) is 3.39. The Morgan fingerprint density at radius 1 is 1.12 bits per heavy atom. The highest BCUT2D eigenvalue weighted by atomic mass is 16.4. The summed E-state index contributed by atoms with van der Waals surface area (Å²) in [6.45, 7) is 2.04. The number of carbonyl (C=O) groups is 1. The molecule has 9 heteroatoms. The molecule has 32 heavy (non-hydrogen) atoms. The molecule has 9 nitrogen and oxygen atoms in total. The van der Waals surface area contributed by atoms with Crippen LogP contribution in [0.25, 0.3) is 32.9 Å². The molecule has 2 aromatic carbocycles. The Balaban J connectivity index is 1.45. The van der Waals surface area contributed by atoms with E-state index < -0.39 is 6.09 Å². The Kier molecular flexibility index (Phi) is 4.70. The summed E-state index contributed by atoms with van der Waals surface area (Å²) >= 11 is 0. The van der Waals surface area contributed by atoms with Gasteiger partial charge in [0.05, 0.1) is 34.8 Å². The van der Waals surface area contributed by atoms with Gasteiger partial charge in [0.15, 0.2) is 0 Å². The van der Waals surface area contributed by atoms with Crippen molar-refractivity contribution in [1.82, 2.24) is 20.2 Å². The number of aromatic amines is 2.